The van der Waals surface area contributed by atoms with E-state index in [0.29, 0.717) is 28.4 Å². The Balaban J connectivity index is 2.13. The minimum Gasteiger partial charge on any atom is -0.512 e. The van der Waals surface area contributed by atoms with Crippen LogP contribution in [0.15, 0.2) is 42.5 Å². The molecule has 20 heavy (non-hydrogen) atoms. The molecule has 2 N–H and O–H groups in total. The van der Waals surface area contributed by atoms with Crippen molar-refractivity contribution in [1.82, 2.24) is 0 Å². The molecule has 0 amide bonds. The predicted octanol–water partition coefficient (Wildman–Crippen LogP) is 2.01. The number of nitrogens with zero attached hydrogens (tertiary/aromatic N) is 1. The second-order valence-corrected chi connectivity index (χ2v) is 4.11. The Morgan fingerprint density at radius 3 is 2.25 bits per heavy atom. The summed E-state index contributed by atoms with van der Waals surface area (Å²) in [5.74, 6) is 1.57. The van der Waals surface area contributed by atoms with Gasteiger partial charge in [0, 0.05) is 0 Å². The van der Waals surface area contributed by atoms with Crippen molar-refractivity contribution in [2.75, 3.05) is 0 Å². The molecule has 0 saturated carbocycles. The smallest absolute Gasteiger partial charge is 0.512 e. The van der Waals surface area contributed by atoms with Gasteiger partial charge < -0.3 is 19.4 Å². The van der Waals surface area contributed by atoms with Crippen molar-refractivity contribution in [3.05, 3.63) is 53.6 Å². The van der Waals surface area contributed by atoms with E-state index in [9.17, 15) is 0 Å². The summed E-state index contributed by atoms with van der Waals surface area (Å²) in [5, 5.41) is 26.2. The first kappa shape index (κ1) is 13.9. The van der Waals surface area contributed by atoms with Gasteiger partial charge in [0.15, 0.2) is 0 Å². The highest BCUT2D eigenvalue weighted by Crippen LogP contribution is 2.27. The van der Waals surface area contributed by atoms with Crippen LogP contribution >= 0.6 is 0 Å². The monoisotopic (exact) mass is 269 g/mol. The Kier molecular flexibility index (Phi) is 4.25. The summed E-state index contributed by atoms with van der Waals surface area (Å²) in [7, 11) is -1.85. The molecule has 6 heteroatoms. The lowest BCUT2D eigenvalue weighted by Gasteiger charge is -2.11. The number of hydrogen-bond acceptors (Lipinski definition) is 5. The van der Waals surface area contributed by atoms with Crippen LogP contribution in [-0.2, 0) is 0 Å². The van der Waals surface area contributed by atoms with Crippen LogP contribution in [0.1, 0.15) is 11.1 Å². The van der Waals surface area contributed by atoms with Gasteiger partial charge in [-0.05, 0) is 55.0 Å². The zero-order valence-electron chi connectivity index (χ0n) is 10.8. The molecule has 100 valence electrons. The standard InChI is InChI=1S/C14H12BNO4/c1-10-8-13(6-7-14(10)20-15(17)18)19-12-4-2-11(9-16)3-5-12/h2-8,17-18H,1H3. The van der Waals surface area contributed by atoms with Gasteiger partial charge in [0.2, 0.25) is 0 Å². The second-order valence-electron chi connectivity index (χ2n) is 4.11. The van der Waals surface area contributed by atoms with Crippen molar-refractivity contribution in [3.63, 3.8) is 0 Å². The number of hydrogen-bond donors (Lipinski definition) is 2. The van der Waals surface area contributed by atoms with E-state index in [1.54, 1.807) is 49.4 Å². The fourth-order valence-corrected chi connectivity index (χ4v) is 1.66. The first-order valence-electron chi connectivity index (χ1n) is 5.90. The molecule has 0 aliphatic heterocycles. The third-order valence-electron chi connectivity index (χ3n) is 2.60. The zero-order valence-corrected chi connectivity index (χ0v) is 10.8. The Morgan fingerprint density at radius 1 is 1.05 bits per heavy atom. The molecule has 0 saturated heterocycles. The van der Waals surface area contributed by atoms with E-state index in [0.717, 1.165) is 0 Å². The molecule has 2 aromatic carbocycles. The maximum Gasteiger partial charge on any atom is 0.707 e. The largest absolute Gasteiger partial charge is 0.707 e. The average molecular weight is 269 g/mol. The lowest BCUT2D eigenvalue weighted by atomic mass is 10.2. The Hall–Kier alpha value is -2.49. The topological polar surface area (TPSA) is 82.7 Å². The highest BCUT2D eigenvalue weighted by Gasteiger charge is 2.13. The normalized spacial score (nSPS) is 9.70. The number of rotatable bonds is 4. The molecule has 0 spiro atoms. The molecule has 0 unspecified atom stereocenters. The third kappa shape index (κ3) is 3.51. The van der Waals surface area contributed by atoms with Crippen LogP contribution in [-0.4, -0.2) is 17.4 Å². The number of nitriles is 1. The van der Waals surface area contributed by atoms with E-state index < -0.39 is 7.32 Å². The SMILES string of the molecule is Cc1cc(Oc2ccc(C#N)cc2)ccc1OB(O)O. The van der Waals surface area contributed by atoms with Gasteiger partial charge >= 0.3 is 7.32 Å². The Labute approximate surface area is 116 Å². The summed E-state index contributed by atoms with van der Waals surface area (Å²) in [6, 6.07) is 13.7. The van der Waals surface area contributed by atoms with Crippen molar-refractivity contribution in [2.45, 2.75) is 6.92 Å². The van der Waals surface area contributed by atoms with E-state index in [2.05, 4.69) is 0 Å². The van der Waals surface area contributed by atoms with Gasteiger partial charge in [0.1, 0.15) is 17.2 Å². The van der Waals surface area contributed by atoms with Crippen molar-refractivity contribution < 1.29 is 19.4 Å². The minimum absolute atomic E-state index is 0.368. The Morgan fingerprint density at radius 2 is 1.70 bits per heavy atom. The summed E-state index contributed by atoms with van der Waals surface area (Å²) < 4.78 is 10.4. The molecule has 5 nitrogen and oxygen atoms in total. The third-order valence-corrected chi connectivity index (χ3v) is 2.60. The van der Waals surface area contributed by atoms with Crippen LogP contribution in [0.4, 0.5) is 0 Å². The highest BCUT2D eigenvalue weighted by atomic mass is 16.6. The van der Waals surface area contributed by atoms with Crippen LogP contribution in [0.3, 0.4) is 0 Å². The number of aryl methyl sites for hydroxylation is 1. The fourth-order valence-electron chi connectivity index (χ4n) is 1.66. The molecule has 0 atom stereocenters. The lowest BCUT2D eigenvalue weighted by Crippen LogP contribution is -2.20. The Bertz CT molecular complexity index is 635. The van der Waals surface area contributed by atoms with Gasteiger partial charge in [-0.15, -0.1) is 0 Å². The van der Waals surface area contributed by atoms with Crippen LogP contribution in [0, 0.1) is 18.3 Å². The van der Waals surface area contributed by atoms with Crippen LogP contribution in [0.25, 0.3) is 0 Å². The predicted molar refractivity (Wildman–Crippen MR) is 73.2 cm³/mol. The molecule has 0 aliphatic carbocycles. The van der Waals surface area contributed by atoms with Gasteiger partial charge in [-0.2, -0.15) is 5.26 Å². The van der Waals surface area contributed by atoms with Crippen LogP contribution < -0.4 is 9.39 Å². The summed E-state index contributed by atoms with van der Waals surface area (Å²) in [6.07, 6.45) is 0. The van der Waals surface area contributed by atoms with Gasteiger partial charge in [-0.1, -0.05) is 0 Å². The first-order chi connectivity index (χ1) is 9.58. The van der Waals surface area contributed by atoms with Crippen LogP contribution in [0.2, 0.25) is 0 Å². The molecular formula is C14H12BNO4. The van der Waals surface area contributed by atoms with E-state index in [-0.39, 0.29) is 0 Å². The maximum atomic E-state index is 8.76. The molecule has 0 aromatic heterocycles. The maximum absolute atomic E-state index is 8.76. The number of ether oxygens (including phenoxy) is 1. The lowest BCUT2D eigenvalue weighted by molar-refractivity contribution is 0.287. The van der Waals surface area contributed by atoms with E-state index >= 15 is 0 Å². The molecule has 2 rings (SSSR count). The van der Waals surface area contributed by atoms with E-state index in [1.165, 1.54) is 0 Å². The van der Waals surface area contributed by atoms with Gasteiger partial charge in [0.05, 0.1) is 11.6 Å². The zero-order chi connectivity index (χ0) is 14.5. The summed E-state index contributed by atoms with van der Waals surface area (Å²) in [6.45, 7) is 1.77. The highest BCUT2D eigenvalue weighted by molar-refractivity contribution is 6.33. The van der Waals surface area contributed by atoms with Gasteiger partial charge in [-0.25, -0.2) is 0 Å². The molecule has 2 aromatic rings. The molecule has 0 fully saturated rings. The molecular weight excluding hydrogens is 257 g/mol. The van der Waals surface area contributed by atoms with Crippen LogP contribution in [0.5, 0.6) is 17.2 Å². The van der Waals surface area contributed by atoms with Gasteiger partial charge in [0.25, 0.3) is 0 Å². The summed E-state index contributed by atoms with van der Waals surface area (Å²) >= 11 is 0. The van der Waals surface area contributed by atoms with Crippen molar-refractivity contribution in [2.24, 2.45) is 0 Å². The van der Waals surface area contributed by atoms with Crippen molar-refractivity contribution in [3.8, 4) is 23.3 Å². The molecule has 0 radical (unpaired) electrons. The first-order valence-corrected chi connectivity index (χ1v) is 5.90. The summed E-state index contributed by atoms with van der Waals surface area (Å²) in [5.41, 5.74) is 1.28. The van der Waals surface area contributed by atoms with Crippen molar-refractivity contribution in [1.29, 1.82) is 5.26 Å². The van der Waals surface area contributed by atoms with Crippen molar-refractivity contribution >= 4 is 7.32 Å². The second kappa shape index (κ2) is 6.11. The van der Waals surface area contributed by atoms with Gasteiger partial charge in [-0.3, -0.25) is 0 Å². The molecule has 0 heterocycles. The molecule has 0 bridgehead atoms. The summed E-state index contributed by atoms with van der Waals surface area (Å²) in [4.78, 5) is 0. The van der Waals surface area contributed by atoms with E-state index in [1.807, 2.05) is 6.07 Å². The fraction of sp³-hybridized carbons (Fsp3) is 0.0714. The van der Waals surface area contributed by atoms with E-state index in [4.69, 9.17) is 24.7 Å². The minimum atomic E-state index is -1.85. The molecule has 0 aliphatic rings. The average Bonchev–Trinajstić information content (AvgIpc) is 2.42. The quantitative estimate of drug-likeness (QED) is 0.829. The number of benzene rings is 2.